The maximum Gasteiger partial charge on any atom is 0.119 e. The number of likely N-dealkylation sites (N-methyl/N-ethyl adjacent to an activating group) is 1. The fraction of sp³-hybridized carbons (Fsp3) is 0.400. The van der Waals surface area contributed by atoms with Crippen molar-refractivity contribution in [1.29, 1.82) is 0 Å². The molecule has 2 aromatic rings. The monoisotopic (exact) mass is 362 g/mol. The number of rotatable bonds is 10. The molecule has 0 amide bonds. The number of hydrogen-bond donors (Lipinski definition) is 3. The molecule has 0 aliphatic heterocycles. The molecule has 0 saturated heterocycles. The van der Waals surface area contributed by atoms with Crippen LogP contribution in [0.5, 0.6) is 5.75 Å². The Morgan fingerprint density at radius 1 is 1.16 bits per heavy atom. The van der Waals surface area contributed by atoms with E-state index in [-0.39, 0.29) is 6.04 Å². The molecule has 0 aliphatic carbocycles. The van der Waals surface area contributed by atoms with Gasteiger partial charge in [-0.1, -0.05) is 35.9 Å². The van der Waals surface area contributed by atoms with Gasteiger partial charge in [-0.05, 0) is 55.8 Å². The third kappa shape index (κ3) is 7.04. The predicted octanol–water partition coefficient (Wildman–Crippen LogP) is 3.19. The molecule has 3 N–H and O–H groups in total. The van der Waals surface area contributed by atoms with Gasteiger partial charge in [0, 0.05) is 24.2 Å². The number of aliphatic hydroxyl groups excluding tert-OH is 1. The predicted molar refractivity (Wildman–Crippen MR) is 103 cm³/mol. The number of aliphatic hydroxyl groups is 1. The Morgan fingerprint density at radius 3 is 2.72 bits per heavy atom. The summed E-state index contributed by atoms with van der Waals surface area (Å²) >= 11 is 5.97. The van der Waals surface area contributed by atoms with E-state index in [0.29, 0.717) is 18.2 Å². The van der Waals surface area contributed by atoms with Crippen molar-refractivity contribution in [3.63, 3.8) is 0 Å². The average molecular weight is 363 g/mol. The van der Waals surface area contributed by atoms with Crippen LogP contribution in [0.4, 0.5) is 0 Å². The Balaban J connectivity index is 1.81. The molecule has 0 fully saturated rings. The summed E-state index contributed by atoms with van der Waals surface area (Å²) in [5, 5.41) is 17.4. The zero-order valence-corrected chi connectivity index (χ0v) is 15.6. The van der Waals surface area contributed by atoms with E-state index in [2.05, 4.69) is 29.7 Å². The average Bonchev–Trinajstić information content (AvgIpc) is 2.60. The third-order valence-electron chi connectivity index (χ3n) is 3.95. The molecule has 2 aromatic carbocycles. The summed E-state index contributed by atoms with van der Waals surface area (Å²) < 4.78 is 5.70. The summed E-state index contributed by atoms with van der Waals surface area (Å²) in [6.45, 7) is 4.07. The van der Waals surface area contributed by atoms with Gasteiger partial charge in [0.1, 0.15) is 12.4 Å². The van der Waals surface area contributed by atoms with Crippen molar-refractivity contribution in [1.82, 2.24) is 10.6 Å². The smallest absolute Gasteiger partial charge is 0.119 e. The van der Waals surface area contributed by atoms with Crippen molar-refractivity contribution < 1.29 is 9.84 Å². The SMILES string of the molecule is CNCCOc1cccc(CC(C)NC[C@H](O)c2cccc(Cl)c2)c1. The highest BCUT2D eigenvalue weighted by atomic mass is 35.5. The molecule has 25 heavy (non-hydrogen) atoms. The van der Waals surface area contributed by atoms with Crippen LogP contribution in [0.1, 0.15) is 24.2 Å². The van der Waals surface area contributed by atoms with Crippen LogP contribution >= 0.6 is 11.6 Å². The minimum Gasteiger partial charge on any atom is -0.492 e. The van der Waals surface area contributed by atoms with E-state index < -0.39 is 6.10 Å². The lowest BCUT2D eigenvalue weighted by atomic mass is 10.1. The van der Waals surface area contributed by atoms with Crippen molar-refractivity contribution in [2.45, 2.75) is 25.5 Å². The number of nitrogens with one attached hydrogen (secondary N) is 2. The van der Waals surface area contributed by atoms with Crippen molar-refractivity contribution in [2.24, 2.45) is 0 Å². The molecular weight excluding hydrogens is 336 g/mol. The molecule has 2 rings (SSSR count). The van der Waals surface area contributed by atoms with Crippen LogP contribution < -0.4 is 15.4 Å². The quantitative estimate of drug-likeness (QED) is 0.568. The molecule has 5 heteroatoms. The van der Waals surface area contributed by atoms with Gasteiger partial charge in [-0.3, -0.25) is 0 Å². The number of ether oxygens (including phenoxy) is 1. The minimum atomic E-state index is -0.572. The van der Waals surface area contributed by atoms with Gasteiger partial charge in [0.2, 0.25) is 0 Å². The molecule has 0 saturated carbocycles. The standard InChI is InChI=1S/C20H27ClN2O2/c1-15(23-14-20(24)17-6-4-7-18(21)13-17)11-16-5-3-8-19(12-16)25-10-9-22-2/h3-8,12-13,15,20,22-24H,9-11,14H2,1-2H3/t15?,20-/m0/s1. The highest BCUT2D eigenvalue weighted by Gasteiger charge is 2.10. The fourth-order valence-corrected chi connectivity index (χ4v) is 2.80. The minimum absolute atomic E-state index is 0.237. The van der Waals surface area contributed by atoms with Crippen LogP contribution in [-0.2, 0) is 6.42 Å². The van der Waals surface area contributed by atoms with Gasteiger partial charge in [0.05, 0.1) is 6.10 Å². The lowest BCUT2D eigenvalue weighted by molar-refractivity contribution is 0.170. The molecule has 0 spiro atoms. The Bertz CT molecular complexity index is 651. The maximum atomic E-state index is 10.3. The normalized spacial score (nSPS) is 13.4. The van der Waals surface area contributed by atoms with Gasteiger partial charge in [0.25, 0.3) is 0 Å². The first-order valence-corrected chi connectivity index (χ1v) is 8.99. The van der Waals surface area contributed by atoms with Gasteiger partial charge < -0.3 is 20.5 Å². The molecule has 0 aromatic heterocycles. The molecule has 136 valence electrons. The molecule has 0 aliphatic rings. The van der Waals surface area contributed by atoms with Gasteiger partial charge in [-0.2, -0.15) is 0 Å². The fourth-order valence-electron chi connectivity index (χ4n) is 2.60. The van der Waals surface area contributed by atoms with E-state index in [1.807, 2.05) is 31.3 Å². The number of benzene rings is 2. The lowest BCUT2D eigenvalue weighted by Crippen LogP contribution is -2.32. The van der Waals surface area contributed by atoms with Crippen LogP contribution in [0.25, 0.3) is 0 Å². The van der Waals surface area contributed by atoms with Crippen LogP contribution in [0.2, 0.25) is 5.02 Å². The van der Waals surface area contributed by atoms with Crippen LogP contribution in [0.3, 0.4) is 0 Å². The van der Waals surface area contributed by atoms with Gasteiger partial charge in [-0.15, -0.1) is 0 Å². The second-order valence-corrected chi connectivity index (χ2v) is 6.62. The van der Waals surface area contributed by atoms with Crippen molar-refractivity contribution >= 4 is 11.6 Å². The topological polar surface area (TPSA) is 53.5 Å². The summed E-state index contributed by atoms with van der Waals surface area (Å²) in [5.41, 5.74) is 2.03. The van der Waals surface area contributed by atoms with Crippen LogP contribution in [0, 0.1) is 0 Å². The van der Waals surface area contributed by atoms with E-state index in [4.69, 9.17) is 16.3 Å². The zero-order valence-electron chi connectivity index (χ0n) is 14.8. The molecule has 0 heterocycles. The second kappa shape index (κ2) is 10.4. The van der Waals surface area contributed by atoms with E-state index in [0.717, 1.165) is 24.3 Å². The Kier molecular flexibility index (Phi) is 8.22. The van der Waals surface area contributed by atoms with Gasteiger partial charge in [-0.25, -0.2) is 0 Å². The number of hydrogen-bond acceptors (Lipinski definition) is 4. The summed E-state index contributed by atoms with van der Waals surface area (Å²) in [4.78, 5) is 0. The largest absolute Gasteiger partial charge is 0.492 e. The molecule has 0 radical (unpaired) electrons. The third-order valence-corrected chi connectivity index (χ3v) is 4.19. The first-order valence-electron chi connectivity index (χ1n) is 8.61. The highest BCUT2D eigenvalue weighted by molar-refractivity contribution is 6.30. The Hall–Kier alpha value is -1.59. The van der Waals surface area contributed by atoms with E-state index >= 15 is 0 Å². The Labute approximate surface area is 155 Å². The first-order chi connectivity index (χ1) is 12.1. The first kappa shape index (κ1) is 19.7. The van der Waals surface area contributed by atoms with Crippen LogP contribution in [-0.4, -0.2) is 37.9 Å². The lowest BCUT2D eigenvalue weighted by Gasteiger charge is -2.18. The molecule has 0 bridgehead atoms. The number of halogens is 1. The summed E-state index contributed by atoms with van der Waals surface area (Å²) in [5.74, 6) is 0.888. The van der Waals surface area contributed by atoms with Crippen molar-refractivity contribution in [3.05, 3.63) is 64.7 Å². The van der Waals surface area contributed by atoms with E-state index in [1.54, 1.807) is 12.1 Å². The van der Waals surface area contributed by atoms with Crippen molar-refractivity contribution in [3.8, 4) is 5.75 Å². The molecular formula is C20H27ClN2O2. The Morgan fingerprint density at radius 2 is 1.96 bits per heavy atom. The highest BCUT2D eigenvalue weighted by Crippen LogP contribution is 2.18. The van der Waals surface area contributed by atoms with Gasteiger partial charge >= 0.3 is 0 Å². The molecule has 1 unspecified atom stereocenters. The van der Waals surface area contributed by atoms with Crippen LogP contribution in [0.15, 0.2) is 48.5 Å². The molecule has 4 nitrogen and oxygen atoms in total. The molecule has 2 atom stereocenters. The van der Waals surface area contributed by atoms with E-state index in [1.165, 1.54) is 5.56 Å². The van der Waals surface area contributed by atoms with Crippen molar-refractivity contribution in [2.75, 3.05) is 26.7 Å². The van der Waals surface area contributed by atoms with E-state index in [9.17, 15) is 5.11 Å². The summed E-state index contributed by atoms with van der Waals surface area (Å²) in [6.07, 6.45) is 0.295. The second-order valence-electron chi connectivity index (χ2n) is 6.18. The van der Waals surface area contributed by atoms with Gasteiger partial charge in [0.15, 0.2) is 0 Å². The summed E-state index contributed by atoms with van der Waals surface area (Å²) in [6, 6.07) is 15.7. The zero-order chi connectivity index (χ0) is 18.1. The summed E-state index contributed by atoms with van der Waals surface area (Å²) in [7, 11) is 1.91. The maximum absolute atomic E-state index is 10.3.